The van der Waals surface area contributed by atoms with E-state index < -0.39 is 0 Å². The predicted octanol–water partition coefficient (Wildman–Crippen LogP) is 1.33. The smallest absolute Gasteiger partial charge is 0.140 e. The number of hydrogen-bond donors (Lipinski definition) is 1. The first-order valence-electron chi connectivity index (χ1n) is 7.50. The summed E-state index contributed by atoms with van der Waals surface area (Å²) in [6, 6.07) is 0.534. The molecule has 1 N–H and O–H groups in total. The van der Waals surface area contributed by atoms with Crippen LogP contribution in [-0.4, -0.2) is 43.5 Å². The lowest BCUT2D eigenvalue weighted by atomic mass is 9.80. The van der Waals surface area contributed by atoms with E-state index in [-0.39, 0.29) is 6.10 Å². The van der Waals surface area contributed by atoms with Crippen LogP contribution in [0.1, 0.15) is 44.3 Å². The van der Waals surface area contributed by atoms with Gasteiger partial charge in [-0.15, -0.1) is 0 Å². The van der Waals surface area contributed by atoms with Gasteiger partial charge in [0.2, 0.25) is 0 Å². The van der Waals surface area contributed by atoms with E-state index in [1.54, 1.807) is 6.33 Å². The lowest BCUT2D eigenvalue weighted by Crippen LogP contribution is -2.42. The van der Waals surface area contributed by atoms with Gasteiger partial charge in [0, 0.05) is 19.0 Å². The Bertz CT molecular complexity index is 419. The summed E-state index contributed by atoms with van der Waals surface area (Å²) in [6.45, 7) is 1.99. The second kappa shape index (κ2) is 5.59. The first-order valence-corrected chi connectivity index (χ1v) is 7.50. The summed E-state index contributed by atoms with van der Waals surface area (Å²) in [5, 5.41) is 14.4. The molecule has 1 aliphatic heterocycles. The van der Waals surface area contributed by atoms with Crippen molar-refractivity contribution in [1.82, 2.24) is 19.7 Å². The van der Waals surface area contributed by atoms with Gasteiger partial charge in [-0.3, -0.25) is 9.58 Å². The highest BCUT2D eigenvalue weighted by atomic mass is 16.3. The van der Waals surface area contributed by atoms with Crippen LogP contribution in [0.2, 0.25) is 0 Å². The Labute approximate surface area is 114 Å². The van der Waals surface area contributed by atoms with Crippen molar-refractivity contribution in [3.63, 3.8) is 0 Å². The molecule has 3 atom stereocenters. The Kier molecular flexibility index (Phi) is 3.84. The van der Waals surface area contributed by atoms with Crippen molar-refractivity contribution in [3.05, 3.63) is 12.2 Å². The van der Waals surface area contributed by atoms with Crippen LogP contribution in [0.25, 0.3) is 0 Å². The maximum Gasteiger partial charge on any atom is 0.140 e. The summed E-state index contributed by atoms with van der Waals surface area (Å²) in [7, 11) is 1.95. The predicted molar refractivity (Wildman–Crippen MR) is 72.4 cm³/mol. The lowest BCUT2D eigenvalue weighted by Gasteiger charge is -2.37. The quantitative estimate of drug-likeness (QED) is 0.895. The SMILES string of the molecule is Cn1ncnc1CN1CCCC1C1CCCCC1O. The van der Waals surface area contributed by atoms with Crippen LogP contribution in [-0.2, 0) is 13.6 Å². The normalized spacial score (nSPS) is 32.8. The van der Waals surface area contributed by atoms with Crippen LogP contribution in [0.15, 0.2) is 6.33 Å². The Balaban J connectivity index is 1.69. The standard InChI is InChI=1S/C14H24N4O/c1-17-14(15-10-16-17)9-18-8-4-6-12(18)11-5-2-3-7-13(11)19/h10-13,19H,2-9H2,1H3. The van der Waals surface area contributed by atoms with E-state index in [9.17, 15) is 5.11 Å². The van der Waals surface area contributed by atoms with Gasteiger partial charge in [-0.2, -0.15) is 5.10 Å². The molecule has 0 amide bonds. The molecular formula is C14H24N4O. The lowest BCUT2D eigenvalue weighted by molar-refractivity contribution is 0.0193. The van der Waals surface area contributed by atoms with Crippen molar-refractivity contribution in [2.45, 2.75) is 57.2 Å². The summed E-state index contributed by atoms with van der Waals surface area (Å²) < 4.78 is 1.85. The molecule has 19 heavy (non-hydrogen) atoms. The molecule has 1 saturated heterocycles. The number of aryl methyl sites for hydroxylation is 1. The maximum absolute atomic E-state index is 10.3. The van der Waals surface area contributed by atoms with Crippen molar-refractivity contribution in [2.24, 2.45) is 13.0 Å². The van der Waals surface area contributed by atoms with E-state index in [1.807, 2.05) is 11.7 Å². The van der Waals surface area contributed by atoms with E-state index in [4.69, 9.17) is 0 Å². The van der Waals surface area contributed by atoms with Crippen molar-refractivity contribution in [3.8, 4) is 0 Å². The van der Waals surface area contributed by atoms with Crippen molar-refractivity contribution in [2.75, 3.05) is 6.54 Å². The zero-order valence-corrected chi connectivity index (χ0v) is 11.7. The molecule has 0 aromatic carbocycles. The molecule has 1 aliphatic carbocycles. The van der Waals surface area contributed by atoms with Gasteiger partial charge in [-0.05, 0) is 32.2 Å². The maximum atomic E-state index is 10.3. The molecule has 0 bridgehead atoms. The highest BCUT2D eigenvalue weighted by molar-refractivity contribution is 4.93. The van der Waals surface area contributed by atoms with Gasteiger partial charge >= 0.3 is 0 Å². The number of aromatic nitrogens is 3. The van der Waals surface area contributed by atoms with E-state index in [2.05, 4.69) is 15.0 Å². The Morgan fingerprint density at radius 3 is 2.84 bits per heavy atom. The fraction of sp³-hybridized carbons (Fsp3) is 0.857. The summed E-state index contributed by atoms with van der Waals surface area (Å²) >= 11 is 0. The average Bonchev–Trinajstić information content (AvgIpc) is 3.01. The summed E-state index contributed by atoms with van der Waals surface area (Å²) in [5.74, 6) is 1.49. The third-order valence-corrected chi connectivity index (χ3v) is 4.84. The van der Waals surface area contributed by atoms with Crippen LogP contribution in [0.3, 0.4) is 0 Å². The van der Waals surface area contributed by atoms with Crippen LogP contribution in [0, 0.1) is 5.92 Å². The molecule has 2 fully saturated rings. The summed E-state index contributed by atoms with van der Waals surface area (Å²) in [6.07, 6.45) is 8.62. The fourth-order valence-corrected chi connectivity index (χ4v) is 3.77. The van der Waals surface area contributed by atoms with Gasteiger partial charge in [0.05, 0.1) is 12.6 Å². The minimum Gasteiger partial charge on any atom is -0.393 e. The number of nitrogens with zero attached hydrogens (tertiary/aromatic N) is 4. The van der Waals surface area contributed by atoms with Crippen LogP contribution >= 0.6 is 0 Å². The minimum absolute atomic E-state index is 0.0983. The second-order valence-electron chi connectivity index (χ2n) is 6.00. The number of aliphatic hydroxyl groups excluding tert-OH is 1. The van der Waals surface area contributed by atoms with Crippen LogP contribution in [0.5, 0.6) is 0 Å². The third kappa shape index (κ3) is 2.67. The molecule has 3 rings (SSSR count). The zero-order valence-electron chi connectivity index (χ0n) is 11.7. The van der Waals surface area contributed by atoms with Crippen molar-refractivity contribution < 1.29 is 5.11 Å². The number of rotatable bonds is 3. The molecule has 0 spiro atoms. The van der Waals surface area contributed by atoms with Gasteiger partial charge in [-0.25, -0.2) is 4.98 Å². The summed E-state index contributed by atoms with van der Waals surface area (Å²) in [5.41, 5.74) is 0. The molecule has 1 aromatic heterocycles. The van der Waals surface area contributed by atoms with E-state index in [1.165, 1.54) is 32.1 Å². The Morgan fingerprint density at radius 1 is 1.26 bits per heavy atom. The highest BCUT2D eigenvalue weighted by Crippen LogP contribution is 2.35. The first kappa shape index (κ1) is 13.1. The topological polar surface area (TPSA) is 54.2 Å². The van der Waals surface area contributed by atoms with Gasteiger partial charge in [0.15, 0.2) is 0 Å². The van der Waals surface area contributed by atoms with E-state index >= 15 is 0 Å². The van der Waals surface area contributed by atoms with Gasteiger partial charge in [0.1, 0.15) is 12.2 Å². The van der Waals surface area contributed by atoms with E-state index in [0.29, 0.717) is 12.0 Å². The monoisotopic (exact) mass is 264 g/mol. The Hall–Kier alpha value is -0.940. The van der Waals surface area contributed by atoms with Gasteiger partial charge < -0.3 is 5.11 Å². The summed E-state index contributed by atoms with van der Waals surface area (Å²) in [4.78, 5) is 6.83. The number of hydrogen-bond acceptors (Lipinski definition) is 4. The van der Waals surface area contributed by atoms with Gasteiger partial charge in [0.25, 0.3) is 0 Å². The van der Waals surface area contributed by atoms with Crippen molar-refractivity contribution in [1.29, 1.82) is 0 Å². The fourth-order valence-electron chi connectivity index (χ4n) is 3.77. The van der Waals surface area contributed by atoms with Crippen LogP contribution < -0.4 is 0 Å². The van der Waals surface area contributed by atoms with Gasteiger partial charge in [-0.1, -0.05) is 12.8 Å². The molecule has 2 aliphatic rings. The molecule has 5 heteroatoms. The number of aliphatic hydroxyl groups is 1. The molecule has 106 valence electrons. The largest absolute Gasteiger partial charge is 0.393 e. The second-order valence-corrected chi connectivity index (χ2v) is 6.00. The molecule has 3 unspecified atom stereocenters. The molecule has 0 radical (unpaired) electrons. The third-order valence-electron chi connectivity index (χ3n) is 4.84. The molecule has 2 heterocycles. The molecule has 1 saturated carbocycles. The zero-order chi connectivity index (χ0) is 13.2. The Morgan fingerprint density at radius 2 is 2.11 bits per heavy atom. The van der Waals surface area contributed by atoms with Crippen LogP contribution in [0.4, 0.5) is 0 Å². The molecule has 5 nitrogen and oxygen atoms in total. The molecular weight excluding hydrogens is 240 g/mol. The number of likely N-dealkylation sites (tertiary alicyclic amines) is 1. The molecule has 1 aromatic rings. The first-order chi connectivity index (χ1) is 9.25. The van der Waals surface area contributed by atoms with Crippen molar-refractivity contribution >= 4 is 0 Å². The minimum atomic E-state index is -0.0983. The highest BCUT2D eigenvalue weighted by Gasteiger charge is 2.37. The average molecular weight is 264 g/mol. The van der Waals surface area contributed by atoms with E-state index in [0.717, 1.165) is 25.3 Å².